The van der Waals surface area contributed by atoms with E-state index in [1.165, 1.54) is 0 Å². The number of hydrogen-bond acceptors (Lipinski definition) is 2. The minimum atomic E-state index is 0.0846. The first-order valence-corrected chi connectivity index (χ1v) is 6.13. The molecule has 1 nitrogen and oxygen atoms in total. The third kappa shape index (κ3) is 2.87. The van der Waals surface area contributed by atoms with Crippen LogP contribution in [0.4, 0.5) is 0 Å². The van der Waals surface area contributed by atoms with Crippen LogP contribution in [0.1, 0.15) is 18.4 Å². The topological polar surface area (TPSA) is 17.1 Å². The van der Waals surface area contributed by atoms with E-state index in [-0.39, 0.29) is 11.0 Å². The molecule has 0 spiro atoms. The molecule has 0 radical (unpaired) electrons. The maximum Gasteiger partial charge on any atom is 0.218 e. The number of Topliss-reactive ketones (excluding diaryl/α,β-unsaturated/α-hetero) is 1. The average molecular weight is 216 g/mol. The Kier molecular flexibility index (Phi) is 3.47. The van der Waals surface area contributed by atoms with E-state index in [2.05, 4.69) is 11.8 Å². The average Bonchev–Trinajstić information content (AvgIpc) is 2.81. The highest BCUT2D eigenvalue weighted by molar-refractivity contribution is 8.00. The van der Waals surface area contributed by atoms with Gasteiger partial charge >= 0.3 is 0 Å². The molecule has 0 amide bonds. The van der Waals surface area contributed by atoms with Crippen molar-refractivity contribution in [2.24, 2.45) is 0 Å². The molecule has 76 valence electrons. The van der Waals surface area contributed by atoms with Gasteiger partial charge in [-0.05, 0) is 36.6 Å². The first-order chi connectivity index (χ1) is 7.36. The fourth-order valence-corrected chi connectivity index (χ4v) is 2.68. The summed E-state index contributed by atoms with van der Waals surface area (Å²) in [5.41, 5.74) is 0.911. The van der Waals surface area contributed by atoms with Crippen molar-refractivity contribution >= 4 is 17.5 Å². The van der Waals surface area contributed by atoms with Gasteiger partial charge in [0.2, 0.25) is 5.78 Å². The maximum atomic E-state index is 11.6. The summed E-state index contributed by atoms with van der Waals surface area (Å²) in [5, 5.41) is 0.126. The Bertz CT molecular complexity index is 394. The third-order valence-electron chi connectivity index (χ3n) is 2.33. The molecule has 1 atom stereocenters. The normalized spacial score (nSPS) is 19.3. The maximum absolute atomic E-state index is 11.6. The second-order valence-corrected chi connectivity index (χ2v) is 4.79. The summed E-state index contributed by atoms with van der Waals surface area (Å²) >= 11 is 1.73. The fraction of sp³-hybridized carbons (Fsp3) is 0.308. The fourth-order valence-electron chi connectivity index (χ4n) is 1.52. The van der Waals surface area contributed by atoms with E-state index >= 15 is 0 Å². The smallest absolute Gasteiger partial charge is 0.218 e. The van der Waals surface area contributed by atoms with Gasteiger partial charge in [0.25, 0.3) is 0 Å². The number of thioether (sulfide) groups is 1. The summed E-state index contributed by atoms with van der Waals surface area (Å²) in [6, 6.07) is 9.64. The highest BCUT2D eigenvalue weighted by Crippen LogP contribution is 2.26. The Morgan fingerprint density at radius 2 is 2.13 bits per heavy atom. The van der Waals surface area contributed by atoms with Crippen molar-refractivity contribution in [3.05, 3.63) is 35.9 Å². The van der Waals surface area contributed by atoms with Gasteiger partial charge < -0.3 is 0 Å². The molecule has 1 saturated heterocycles. The van der Waals surface area contributed by atoms with Crippen LogP contribution < -0.4 is 0 Å². The minimum absolute atomic E-state index is 0.0846. The molecular weight excluding hydrogens is 204 g/mol. The van der Waals surface area contributed by atoms with Gasteiger partial charge in [-0.3, -0.25) is 4.79 Å². The van der Waals surface area contributed by atoms with Gasteiger partial charge in [-0.25, -0.2) is 0 Å². The first-order valence-electron chi connectivity index (χ1n) is 5.09. The molecular formula is C13H12OS. The lowest BCUT2D eigenvalue weighted by atomic mass is 10.1. The van der Waals surface area contributed by atoms with Gasteiger partial charge in [-0.15, -0.1) is 11.8 Å². The second-order valence-electron chi connectivity index (χ2n) is 3.48. The van der Waals surface area contributed by atoms with Crippen LogP contribution >= 0.6 is 11.8 Å². The van der Waals surface area contributed by atoms with Crippen molar-refractivity contribution in [2.45, 2.75) is 18.1 Å². The summed E-state index contributed by atoms with van der Waals surface area (Å²) in [5.74, 6) is 6.82. The molecule has 0 saturated carbocycles. The molecule has 1 unspecified atom stereocenters. The highest BCUT2D eigenvalue weighted by atomic mass is 32.2. The number of ketones is 1. The molecule has 0 N–H and O–H groups in total. The van der Waals surface area contributed by atoms with Crippen molar-refractivity contribution in [1.82, 2.24) is 0 Å². The van der Waals surface area contributed by atoms with Crippen molar-refractivity contribution in [2.75, 3.05) is 5.75 Å². The SMILES string of the molecule is O=C(C#Cc1ccccc1)C1CCCS1. The predicted octanol–water partition coefficient (Wildman–Crippen LogP) is 2.50. The Labute approximate surface area is 94.3 Å². The van der Waals surface area contributed by atoms with E-state index in [4.69, 9.17) is 0 Å². The zero-order valence-electron chi connectivity index (χ0n) is 8.40. The number of rotatable bonds is 1. The van der Waals surface area contributed by atoms with Crippen LogP contribution in [0.5, 0.6) is 0 Å². The molecule has 1 fully saturated rings. The Morgan fingerprint density at radius 3 is 2.80 bits per heavy atom. The van der Waals surface area contributed by atoms with E-state index in [1.54, 1.807) is 11.8 Å². The highest BCUT2D eigenvalue weighted by Gasteiger charge is 2.21. The molecule has 0 aliphatic carbocycles. The molecule has 1 aliphatic heterocycles. The van der Waals surface area contributed by atoms with Crippen LogP contribution in [0.2, 0.25) is 0 Å². The van der Waals surface area contributed by atoms with Crippen molar-refractivity contribution in [3.63, 3.8) is 0 Å². The van der Waals surface area contributed by atoms with Crippen LogP contribution in [-0.2, 0) is 4.79 Å². The molecule has 0 aromatic heterocycles. The van der Waals surface area contributed by atoms with E-state index in [1.807, 2.05) is 30.3 Å². The Hall–Kier alpha value is -1.20. The van der Waals surface area contributed by atoms with E-state index in [0.717, 1.165) is 24.2 Å². The van der Waals surface area contributed by atoms with Gasteiger partial charge in [0.05, 0.1) is 5.25 Å². The number of benzene rings is 1. The summed E-state index contributed by atoms with van der Waals surface area (Å²) in [6.07, 6.45) is 2.14. The van der Waals surface area contributed by atoms with E-state index in [9.17, 15) is 4.79 Å². The molecule has 0 bridgehead atoms. The van der Waals surface area contributed by atoms with E-state index in [0.29, 0.717) is 0 Å². The van der Waals surface area contributed by atoms with Crippen molar-refractivity contribution in [1.29, 1.82) is 0 Å². The van der Waals surface area contributed by atoms with Crippen LogP contribution in [0.25, 0.3) is 0 Å². The first kappa shape index (κ1) is 10.3. The van der Waals surface area contributed by atoms with Gasteiger partial charge in [0.15, 0.2) is 0 Å². The summed E-state index contributed by atoms with van der Waals surface area (Å²) < 4.78 is 0. The number of hydrogen-bond donors (Lipinski definition) is 0. The summed E-state index contributed by atoms with van der Waals surface area (Å²) in [4.78, 5) is 11.6. The van der Waals surface area contributed by atoms with E-state index < -0.39 is 0 Å². The Balaban J connectivity index is 2.02. The van der Waals surface area contributed by atoms with Gasteiger partial charge in [0, 0.05) is 5.56 Å². The minimum Gasteiger partial charge on any atom is -0.284 e. The molecule has 1 aromatic rings. The standard InChI is InChI=1S/C13H12OS/c14-12(13-7-4-10-15-13)9-8-11-5-2-1-3-6-11/h1-3,5-6,13H,4,7,10H2. The van der Waals surface area contributed by atoms with Gasteiger partial charge in [-0.1, -0.05) is 24.1 Å². The lowest BCUT2D eigenvalue weighted by Crippen LogP contribution is -2.10. The van der Waals surface area contributed by atoms with Crippen LogP contribution in [-0.4, -0.2) is 16.8 Å². The van der Waals surface area contributed by atoms with Crippen molar-refractivity contribution < 1.29 is 4.79 Å². The molecule has 1 aliphatic rings. The molecule has 15 heavy (non-hydrogen) atoms. The summed E-state index contributed by atoms with van der Waals surface area (Å²) in [7, 11) is 0. The third-order valence-corrected chi connectivity index (χ3v) is 3.70. The van der Waals surface area contributed by atoms with Crippen LogP contribution in [0, 0.1) is 11.8 Å². The zero-order chi connectivity index (χ0) is 10.5. The molecule has 1 heterocycles. The lowest BCUT2D eigenvalue weighted by Gasteiger charge is -1.98. The van der Waals surface area contributed by atoms with Crippen LogP contribution in [0.3, 0.4) is 0 Å². The molecule has 1 aromatic carbocycles. The summed E-state index contributed by atoms with van der Waals surface area (Å²) in [6.45, 7) is 0. The molecule has 2 rings (SSSR count). The number of carbonyl (C=O) groups is 1. The number of carbonyl (C=O) groups excluding carboxylic acids is 1. The lowest BCUT2D eigenvalue weighted by molar-refractivity contribution is -0.113. The van der Waals surface area contributed by atoms with Gasteiger partial charge in [0.1, 0.15) is 0 Å². The van der Waals surface area contributed by atoms with Crippen LogP contribution in [0.15, 0.2) is 30.3 Å². The predicted molar refractivity (Wildman–Crippen MR) is 63.8 cm³/mol. The molecule has 2 heteroatoms. The quantitative estimate of drug-likeness (QED) is 0.671. The monoisotopic (exact) mass is 216 g/mol. The largest absolute Gasteiger partial charge is 0.284 e. The second kappa shape index (κ2) is 5.04. The van der Waals surface area contributed by atoms with Gasteiger partial charge in [-0.2, -0.15) is 0 Å². The zero-order valence-corrected chi connectivity index (χ0v) is 9.22. The van der Waals surface area contributed by atoms with Crippen molar-refractivity contribution in [3.8, 4) is 11.8 Å². The Morgan fingerprint density at radius 1 is 1.33 bits per heavy atom.